The van der Waals surface area contributed by atoms with Crippen molar-refractivity contribution in [1.82, 2.24) is 0 Å². The monoisotopic (exact) mass is 200 g/mol. The molecule has 0 radical (unpaired) electrons. The molecule has 1 rings (SSSR count). The van der Waals surface area contributed by atoms with Gasteiger partial charge < -0.3 is 9.52 Å². The van der Waals surface area contributed by atoms with Crippen LogP contribution in [-0.2, 0) is 6.42 Å². The molecule has 74 valence electrons. The molecule has 0 saturated heterocycles. The van der Waals surface area contributed by atoms with Gasteiger partial charge in [0, 0.05) is 12.2 Å². The van der Waals surface area contributed by atoms with Crippen molar-refractivity contribution in [2.45, 2.75) is 31.6 Å². The predicted molar refractivity (Wildman–Crippen MR) is 56.0 cm³/mol. The third-order valence-corrected chi connectivity index (χ3v) is 2.88. The lowest BCUT2D eigenvalue weighted by atomic mass is 10.2. The van der Waals surface area contributed by atoms with Crippen molar-refractivity contribution >= 4 is 11.8 Å². The van der Waals surface area contributed by atoms with E-state index in [9.17, 15) is 5.11 Å². The number of aliphatic hydroxyl groups is 1. The Balaban J connectivity index is 2.22. The Morgan fingerprint density at radius 2 is 2.31 bits per heavy atom. The first-order chi connectivity index (χ1) is 6.18. The van der Waals surface area contributed by atoms with E-state index in [0.717, 1.165) is 11.5 Å². The summed E-state index contributed by atoms with van der Waals surface area (Å²) in [6.45, 7) is 4.26. The van der Waals surface area contributed by atoms with Crippen molar-refractivity contribution in [2.24, 2.45) is 0 Å². The molecule has 0 spiro atoms. The summed E-state index contributed by atoms with van der Waals surface area (Å²) in [5.74, 6) is 1.63. The molecule has 13 heavy (non-hydrogen) atoms. The molecule has 2 nitrogen and oxygen atoms in total. The third kappa shape index (κ3) is 4.39. The van der Waals surface area contributed by atoms with Crippen LogP contribution in [0.4, 0.5) is 0 Å². The minimum absolute atomic E-state index is 0.293. The SMILES string of the molecule is CC(C)SCC(O)Cc1ccco1. The molecule has 1 aromatic rings. The lowest BCUT2D eigenvalue weighted by Crippen LogP contribution is -2.14. The molecule has 0 bridgehead atoms. The second kappa shape index (κ2) is 5.35. The summed E-state index contributed by atoms with van der Waals surface area (Å²) in [4.78, 5) is 0. The highest BCUT2D eigenvalue weighted by molar-refractivity contribution is 7.99. The van der Waals surface area contributed by atoms with E-state index in [1.807, 2.05) is 12.1 Å². The minimum Gasteiger partial charge on any atom is -0.469 e. The highest BCUT2D eigenvalue weighted by atomic mass is 32.2. The fourth-order valence-electron chi connectivity index (χ4n) is 1.02. The van der Waals surface area contributed by atoms with Crippen LogP contribution in [0.3, 0.4) is 0 Å². The van der Waals surface area contributed by atoms with Crippen molar-refractivity contribution in [3.63, 3.8) is 0 Å². The quantitative estimate of drug-likeness (QED) is 0.792. The van der Waals surface area contributed by atoms with Gasteiger partial charge in [-0.25, -0.2) is 0 Å². The predicted octanol–water partition coefficient (Wildman–Crippen LogP) is 2.32. The lowest BCUT2D eigenvalue weighted by molar-refractivity contribution is 0.191. The van der Waals surface area contributed by atoms with E-state index >= 15 is 0 Å². The zero-order valence-electron chi connectivity index (χ0n) is 8.06. The Morgan fingerprint density at radius 1 is 1.54 bits per heavy atom. The van der Waals surface area contributed by atoms with Crippen molar-refractivity contribution < 1.29 is 9.52 Å². The Labute approximate surface area is 83.3 Å². The number of hydrogen-bond acceptors (Lipinski definition) is 3. The molecule has 0 fully saturated rings. The number of thioether (sulfide) groups is 1. The van der Waals surface area contributed by atoms with Gasteiger partial charge in [-0.15, -0.1) is 0 Å². The van der Waals surface area contributed by atoms with Crippen LogP contribution in [0, 0.1) is 0 Å². The van der Waals surface area contributed by atoms with Crippen LogP contribution in [-0.4, -0.2) is 22.2 Å². The first-order valence-electron chi connectivity index (χ1n) is 4.50. The lowest BCUT2D eigenvalue weighted by Gasteiger charge is -2.10. The maximum atomic E-state index is 9.59. The van der Waals surface area contributed by atoms with Gasteiger partial charge in [-0.1, -0.05) is 13.8 Å². The molecule has 1 heterocycles. The Bertz CT molecular complexity index is 219. The van der Waals surface area contributed by atoms with Crippen LogP contribution >= 0.6 is 11.8 Å². The number of rotatable bonds is 5. The van der Waals surface area contributed by atoms with Gasteiger partial charge in [-0.2, -0.15) is 11.8 Å². The zero-order valence-corrected chi connectivity index (χ0v) is 8.88. The van der Waals surface area contributed by atoms with Crippen LogP contribution < -0.4 is 0 Å². The van der Waals surface area contributed by atoms with Crippen LogP contribution in [0.1, 0.15) is 19.6 Å². The van der Waals surface area contributed by atoms with Crippen molar-refractivity contribution in [1.29, 1.82) is 0 Å². The smallest absolute Gasteiger partial charge is 0.106 e. The molecule has 0 aliphatic rings. The maximum Gasteiger partial charge on any atom is 0.106 e. The Morgan fingerprint density at radius 3 is 2.85 bits per heavy atom. The Hall–Kier alpha value is -0.410. The van der Waals surface area contributed by atoms with Crippen molar-refractivity contribution in [3.05, 3.63) is 24.2 Å². The van der Waals surface area contributed by atoms with E-state index in [-0.39, 0.29) is 6.10 Å². The first kappa shape index (κ1) is 10.7. The van der Waals surface area contributed by atoms with Gasteiger partial charge in [-0.05, 0) is 17.4 Å². The molecule has 0 amide bonds. The topological polar surface area (TPSA) is 33.4 Å². The average Bonchev–Trinajstić information content (AvgIpc) is 2.53. The summed E-state index contributed by atoms with van der Waals surface area (Å²) < 4.78 is 5.14. The molecule has 0 saturated carbocycles. The van der Waals surface area contributed by atoms with Gasteiger partial charge in [-0.3, -0.25) is 0 Å². The summed E-state index contributed by atoms with van der Waals surface area (Å²) in [6.07, 6.45) is 1.96. The van der Waals surface area contributed by atoms with E-state index in [2.05, 4.69) is 13.8 Å². The summed E-state index contributed by atoms with van der Waals surface area (Å²) in [5.41, 5.74) is 0. The third-order valence-electron chi connectivity index (χ3n) is 1.64. The molecular weight excluding hydrogens is 184 g/mol. The summed E-state index contributed by atoms with van der Waals surface area (Å²) in [5, 5.41) is 10.2. The van der Waals surface area contributed by atoms with Gasteiger partial charge in [0.15, 0.2) is 0 Å². The number of hydrogen-bond donors (Lipinski definition) is 1. The molecule has 0 aromatic carbocycles. The second-order valence-corrected chi connectivity index (χ2v) is 4.93. The minimum atomic E-state index is -0.293. The molecule has 1 aromatic heterocycles. The summed E-state index contributed by atoms with van der Waals surface area (Å²) in [7, 11) is 0. The van der Waals surface area contributed by atoms with Gasteiger partial charge in [0.2, 0.25) is 0 Å². The number of furan rings is 1. The fraction of sp³-hybridized carbons (Fsp3) is 0.600. The largest absolute Gasteiger partial charge is 0.469 e. The molecule has 1 atom stereocenters. The normalized spacial score (nSPS) is 13.5. The molecular formula is C10H16O2S. The molecule has 1 N–H and O–H groups in total. The molecule has 0 aliphatic carbocycles. The maximum absolute atomic E-state index is 9.59. The fourth-order valence-corrected chi connectivity index (χ4v) is 1.75. The Kier molecular flexibility index (Phi) is 4.39. The van der Waals surface area contributed by atoms with Crippen molar-refractivity contribution in [2.75, 3.05) is 5.75 Å². The first-order valence-corrected chi connectivity index (χ1v) is 5.55. The van der Waals surface area contributed by atoms with E-state index in [4.69, 9.17) is 4.42 Å². The van der Waals surface area contributed by atoms with E-state index in [0.29, 0.717) is 11.7 Å². The van der Waals surface area contributed by atoms with Crippen LogP contribution in [0.25, 0.3) is 0 Å². The van der Waals surface area contributed by atoms with Crippen molar-refractivity contribution in [3.8, 4) is 0 Å². The van der Waals surface area contributed by atoms with Gasteiger partial charge >= 0.3 is 0 Å². The highest BCUT2D eigenvalue weighted by Crippen LogP contribution is 2.13. The molecule has 3 heteroatoms. The van der Waals surface area contributed by atoms with Crippen LogP contribution in [0.2, 0.25) is 0 Å². The zero-order chi connectivity index (χ0) is 9.68. The summed E-state index contributed by atoms with van der Waals surface area (Å²) >= 11 is 1.77. The van der Waals surface area contributed by atoms with E-state index in [1.165, 1.54) is 0 Å². The highest BCUT2D eigenvalue weighted by Gasteiger charge is 2.08. The van der Waals surface area contributed by atoms with Gasteiger partial charge in [0.1, 0.15) is 5.76 Å². The average molecular weight is 200 g/mol. The van der Waals surface area contributed by atoms with Gasteiger partial charge in [0.05, 0.1) is 12.4 Å². The van der Waals surface area contributed by atoms with E-state index < -0.39 is 0 Å². The van der Waals surface area contributed by atoms with Gasteiger partial charge in [0.25, 0.3) is 0 Å². The second-order valence-electron chi connectivity index (χ2n) is 3.32. The van der Waals surface area contributed by atoms with E-state index in [1.54, 1.807) is 18.0 Å². The molecule has 1 unspecified atom stereocenters. The molecule has 0 aliphatic heterocycles. The number of aliphatic hydroxyl groups excluding tert-OH is 1. The standard InChI is InChI=1S/C10H16O2S/c1-8(2)13-7-9(11)6-10-4-3-5-12-10/h3-5,8-9,11H,6-7H2,1-2H3. The van der Waals surface area contributed by atoms with Crippen LogP contribution in [0.15, 0.2) is 22.8 Å². The summed E-state index contributed by atoms with van der Waals surface area (Å²) in [6, 6.07) is 3.74. The van der Waals surface area contributed by atoms with Crippen LogP contribution in [0.5, 0.6) is 0 Å².